The zero-order chi connectivity index (χ0) is 25.5. The summed E-state index contributed by atoms with van der Waals surface area (Å²) < 4.78 is 0.118. The van der Waals surface area contributed by atoms with Crippen molar-refractivity contribution in [3.63, 3.8) is 0 Å². The van der Waals surface area contributed by atoms with Gasteiger partial charge in [0, 0.05) is 37.9 Å². The molecule has 0 heterocycles. The molecule has 0 fully saturated rings. The molecule has 9 nitrogen and oxygen atoms in total. The molecule has 34 heavy (non-hydrogen) atoms. The second kappa shape index (κ2) is 16.0. The SMILES string of the molecule is CCC[C@@H](N)Cc1ccc(O)c(NC(=O)CCCNC(=O)/C=C(\Br)C(=O)CCCCC(=O)O)c1. The van der Waals surface area contributed by atoms with E-state index in [1.807, 2.05) is 0 Å². The minimum atomic E-state index is -0.910. The highest BCUT2D eigenvalue weighted by atomic mass is 79.9. The first-order valence-corrected chi connectivity index (χ1v) is 12.2. The molecule has 10 heteroatoms. The molecular formula is C24H34BrN3O6. The van der Waals surface area contributed by atoms with Crippen LogP contribution in [0.2, 0.25) is 0 Å². The van der Waals surface area contributed by atoms with Gasteiger partial charge in [0.2, 0.25) is 11.8 Å². The molecule has 1 rings (SSSR count). The van der Waals surface area contributed by atoms with Gasteiger partial charge < -0.3 is 26.6 Å². The molecule has 0 aliphatic rings. The third-order valence-corrected chi connectivity index (χ3v) is 5.61. The number of carbonyl (C=O) groups is 4. The summed E-state index contributed by atoms with van der Waals surface area (Å²) in [7, 11) is 0. The number of Topliss-reactive ketones (excluding diaryl/α,β-unsaturated/α-hetero) is 1. The largest absolute Gasteiger partial charge is 0.506 e. The molecule has 0 unspecified atom stereocenters. The maximum atomic E-state index is 12.2. The number of carboxylic acid groups (broad SMARTS) is 1. The van der Waals surface area contributed by atoms with E-state index in [9.17, 15) is 24.3 Å². The van der Waals surface area contributed by atoms with Crippen LogP contribution in [0.4, 0.5) is 5.69 Å². The number of benzene rings is 1. The fourth-order valence-electron chi connectivity index (χ4n) is 3.19. The lowest BCUT2D eigenvalue weighted by Crippen LogP contribution is -2.24. The summed E-state index contributed by atoms with van der Waals surface area (Å²) >= 11 is 3.07. The fourth-order valence-corrected chi connectivity index (χ4v) is 3.59. The van der Waals surface area contributed by atoms with Gasteiger partial charge in [0.05, 0.1) is 10.2 Å². The summed E-state index contributed by atoms with van der Waals surface area (Å²) in [6, 6.07) is 5.04. The van der Waals surface area contributed by atoms with Gasteiger partial charge in [0.25, 0.3) is 0 Å². The number of carboxylic acids is 1. The van der Waals surface area contributed by atoms with E-state index in [1.165, 1.54) is 6.07 Å². The standard InChI is InChI=1S/C24H34BrN3O6/c1-2-6-17(26)13-16-10-11-21(30)19(14-16)28-22(31)8-5-12-27-23(32)15-18(25)20(29)7-3-4-9-24(33)34/h10-11,14-15,17,30H,2-9,12-13,26H2,1H3,(H,27,32)(H,28,31)(H,33,34)/b18-15-/t17-/m1/s1. The Morgan fingerprint density at radius 1 is 1.12 bits per heavy atom. The molecule has 1 atom stereocenters. The highest BCUT2D eigenvalue weighted by molar-refractivity contribution is 9.12. The lowest BCUT2D eigenvalue weighted by Gasteiger charge is -2.13. The van der Waals surface area contributed by atoms with Crippen LogP contribution >= 0.6 is 15.9 Å². The number of halogens is 1. The van der Waals surface area contributed by atoms with Crippen LogP contribution in [0.15, 0.2) is 28.8 Å². The van der Waals surface area contributed by atoms with E-state index in [-0.39, 0.29) is 53.8 Å². The van der Waals surface area contributed by atoms with E-state index in [0.29, 0.717) is 31.4 Å². The van der Waals surface area contributed by atoms with E-state index < -0.39 is 11.9 Å². The van der Waals surface area contributed by atoms with Gasteiger partial charge in [-0.15, -0.1) is 0 Å². The van der Waals surface area contributed by atoms with Crippen LogP contribution in [0.25, 0.3) is 0 Å². The Labute approximate surface area is 208 Å². The number of rotatable bonds is 16. The second-order valence-electron chi connectivity index (χ2n) is 8.06. The Kier molecular flexibility index (Phi) is 13.8. The predicted octanol–water partition coefficient (Wildman–Crippen LogP) is 3.39. The highest BCUT2D eigenvalue weighted by Gasteiger charge is 2.11. The van der Waals surface area contributed by atoms with Crippen molar-refractivity contribution in [3.8, 4) is 5.75 Å². The van der Waals surface area contributed by atoms with Crippen molar-refractivity contribution in [1.82, 2.24) is 5.32 Å². The molecule has 188 valence electrons. The lowest BCUT2D eigenvalue weighted by atomic mass is 10.0. The summed E-state index contributed by atoms with van der Waals surface area (Å²) in [6.45, 7) is 2.29. The number of aliphatic carboxylic acids is 1. The zero-order valence-electron chi connectivity index (χ0n) is 19.4. The minimum absolute atomic E-state index is 0.000846. The van der Waals surface area contributed by atoms with Crippen molar-refractivity contribution in [2.24, 2.45) is 5.73 Å². The number of unbranched alkanes of at least 4 members (excludes halogenated alkanes) is 1. The Balaban J connectivity index is 2.39. The number of hydrogen-bond donors (Lipinski definition) is 5. The number of nitrogens with two attached hydrogens (primary N) is 1. The molecule has 0 saturated heterocycles. The number of allylic oxidation sites excluding steroid dienone is 1. The molecule has 0 radical (unpaired) electrons. The lowest BCUT2D eigenvalue weighted by molar-refractivity contribution is -0.137. The second-order valence-corrected chi connectivity index (χ2v) is 8.92. The third-order valence-electron chi connectivity index (χ3n) is 4.94. The van der Waals surface area contributed by atoms with E-state index in [4.69, 9.17) is 10.8 Å². The summed E-state index contributed by atoms with van der Waals surface area (Å²) in [6.07, 6.45) is 5.12. The first kappa shape index (κ1) is 29.3. The van der Waals surface area contributed by atoms with Gasteiger partial charge in [0.15, 0.2) is 5.78 Å². The van der Waals surface area contributed by atoms with E-state index in [1.54, 1.807) is 12.1 Å². The number of carbonyl (C=O) groups excluding carboxylic acids is 3. The van der Waals surface area contributed by atoms with Crippen molar-refractivity contribution >= 4 is 45.2 Å². The normalized spacial score (nSPS) is 12.1. The van der Waals surface area contributed by atoms with Crippen LogP contribution in [0.1, 0.15) is 63.9 Å². The highest BCUT2D eigenvalue weighted by Crippen LogP contribution is 2.25. The molecule has 0 spiro atoms. The quantitative estimate of drug-likeness (QED) is 0.122. The third kappa shape index (κ3) is 12.5. The molecule has 0 bridgehead atoms. The maximum absolute atomic E-state index is 12.2. The Morgan fingerprint density at radius 3 is 2.50 bits per heavy atom. The van der Waals surface area contributed by atoms with Crippen molar-refractivity contribution in [1.29, 1.82) is 0 Å². The molecule has 1 aromatic rings. The zero-order valence-corrected chi connectivity index (χ0v) is 21.0. The number of nitrogens with one attached hydrogen (secondary N) is 2. The average Bonchev–Trinajstić information content (AvgIpc) is 2.76. The summed E-state index contributed by atoms with van der Waals surface area (Å²) in [5.41, 5.74) is 7.31. The number of phenolic OH excluding ortho intramolecular Hbond substituents is 1. The van der Waals surface area contributed by atoms with Crippen LogP contribution in [-0.2, 0) is 25.6 Å². The molecule has 6 N–H and O–H groups in total. The Bertz CT molecular complexity index is 887. The van der Waals surface area contributed by atoms with Crippen LogP contribution in [0.5, 0.6) is 5.75 Å². The fraction of sp³-hybridized carbons (Fsp3) is 0.500. The van der Waals surface area contributed by atoms with Crippen LogP contribution in [0, 0.1) is 0 Å². The van der Waals surface area contributed by atoms with Gasteiger partial charge in [0.1, 0.15) is 5.75 Å². The topological polar surface area (TPSA) is 159 Å². The van der Waals surface area contributed by atoms with Crippen LogP contribution in [0.3, 0.4) is 0 Å². The van der Waals surface area contributed by atoms with Crippen molar-refractivity contribution in [2.45, 2.75) is 70.8 Å². The minimum Gasteiger partial charge on any atom is -0.506 e. The number of amides is 2. The average molecular weight is 540 g/mol. The smallest absolute Gasteiger partial charge is 0.303 e. The number of aromatic hydroxyl groups is 1. The van der Waals surface area contributed by atoms with Gasteiger partial charge in [-0.05, 0) is 65.7 Å². The monoisotopic (exact) mass is 539 g/mol. The van der Waals surface area contributed by atoms with Crippen molar-refractivity contribution in [3.05, 3.63) is 34.3 Å². The Hall–Kier alpha value is -2.72. The van der Waals surface area contributed by atoms with Gasteiger partial charge >= 0.3 is 5.97 Å². The first-order chi connectivity index (χ1) is 16.1. The molecule has 0 aliphatic carbocycles. The Morgan fingerprint density at radius 2 is 1.82 bits per heavy atom. The molecule has 0 aromatic heterocycles. The molecular weight excluding hydrogens is 506 g/mol. The number of phenols is 1. The summed E-state index contributed by atoms with van der Waals surface area (Å²) in [5, 5.41) is 23.9. The van der Waals surface area contributed by atoms with Gasteiger partial charge in [-0.2, -0.15) is 0 Å². The van der Waals surface area contributed by atoms with Gasteiger partial charge in [-0.1, -0.05) is 19.4 Å². The molecule has 0 aliphatic heterocycles. The van der Waals surface area contributed by atoms with Crippen molar-refractivity contribution < 1.29 is 29.4 Å². The number of hydrogen-bond acceptors (Lipinski definition) is 6. The van der Waals surface area contributed by atoms with Crippen LogP contribution < -0.4 is 16.4 Å². The van der Waals surface area contributed by atoms with E-state index in [2.05, 4.69) is 33.5 Å². The van der Waals surface area contributed by atoms with Gasteiger partial charge in [-0.25, -0.2) is 0 Å². The summed E-state index contributed by atoms with van der Waals surface area (Å²) in [5.74, 6) is -1.99. The van der Waals surface area contributed by atoms with E-state index >= 15 is 0 Å². The molecule has 2 amide bonds. The first-order valence-electron chi connectivity index (χ1n) is 11.4. The van der Waals surface area contributed by atoms with Gasteiger partial charge in [-0.3, -0.25) is 19.2 Å². The van der Waals surface area contributed by atoms with Crippen LogP contribution in [-0.4, -0.2) is 46.4 Å². The number of ketones is 1. The van der Waals surface area contributed by atoms with Crippen molar-refractivity contribution in [2.75, 3.05) is 11.9 Å². The predicted molar refractivity (Wildman–Crippen MR) is 134 cm³/mol. The number of anilines is 1. The molecule has 1 aromatic carbocycles. The maximum Gasteiger partial charge on any atom is 0.303 e. The molecule has 0 saturated carbocycles. The van der Waals surface area contributed by atoms with E-state index in [0.717, 1.165) is 24.5 Å². The summed E-state index contributed by atoms with van der Waals surface area (Å²) in [4.78, 5) is 46.6.